The summed E-state index contributed by atoms with van der Waals surface area (Å²) in [7, 11) is 0. The summed E-state index contributed by atoms with van der Waals surface area (Å²) >= 11 is 2.25. The van der Waals surface area contributed by atoms with Crippen LogP contribution in [0.25, 0.3) is 6.08 Å². The quantitative estimate of drug-likeness (QED) is 0.459. The Kier molecular flexibility index (Phi) is 3.47. The van der Waals surface area contributed by atoms with Gasteiger partial charge in [-0.3, -0.25) is 4.79 Å². The summed E-state index contributed by atoms with van der Waals surface area (Å²) in [5, 5.41) is 0. The highest BCUT2D eigenvalue weighted by Crippen LogP contribution is 2.09. The van der Waals surface area contributed by atoms with Crippen molar-refractivity contribution in [2.75, 3.05) is 0 Å². The van der Waals surface area contributed by atoms with Crippen molar-refractivity contribution in [2.45, 2.75) is 6.92 Å². The van der Waals surface area contributed by atoms with Gasteiger partial charge in [0.25, 0.3) is 0 Å². The number of allylic oxidation sites excluding steroid dienone is 1. The average molecular weight is 272 g/mol. The third-order valence-electron chi connectivity index (χ3n) is 1.45. The van der Waals surface area contributed by atoms with Gasteiger partial charge in [-0.2, -0.15) is 0 Å². The first-order valence-electron chi connectivity index (χ1n) is 3.61. The van der Waals surface area contributed by atoms with E-state index in [0.717, 1.165) is 17.4 Å². The fourth-order valence-electron chi connectivity index (χ4n) is 0.856. The molecule has 0 spiro atoms. The van der Waals surface area contributed by atoms with Gasteiger partial charge in [0.05, 0.1) is 0 Å². The molecule has 0 heterocycles. The first-order valence-corrected chi connectivity index (χ1v) is 4.69. The van der Waals surface area contributed by atoms with Crippen molar-refractivity contribution in [1.29, 1.82) is 0 Å². The molecule has 0 saturated carbocycles. The van der Waals surface area contributed by atoms with Crippen molar-refractivity contribution < 1.29 is 4.79 Å². The van der Waals surface area contributed by atoms with Crippen LogP contribution in [0.5, 0.6) is 0 Å². The van der Waals surface area contributed by atoms with Gasteiger partial charge in [-0.05, 0) is 58.9 Å². The number of hydrogen-bond acceptors (Lipinski definition) is 1. The fourth-order valence-corrected chi connectivity index (χ4v) is 1.22. The van der Waals surface area contributed by atoms with Crippen LogP contribution in [0.15, 0.2) is 29.8 Å². The molecule has 12 heavy (non-hydrogen) atoms. The van der Waals surface area contributed by atoms with E-state index >= 15 is 0 Å². The minimum absolute atomic E-state index is 0.746. The van der Waals surface area contributed by atoms with Crippen molar-refractivity contribution >= 4 is 35.0 Å². The van der Waals surface area contributed by atoms with Crippen LogP contribution in [-0.2, 0) is 4.79 Å². The molecule has 1 aromatic carbocycles. The summed E-state index contributed by atoms with van der Waals surface area (Å²) in [5.41, 5.74) is 1.82. The number of benzene rings is 1. The lowest BCUT2D eigenvalue weighted by molar-refractivity contribution is -0.104. The van der Waals surface area contributed by atoms with E-state index in [0.29, 0.717) is 0 Å². The molecular formula is C10H9IO. The van der Waals surface area contributed by atoms with Crippen LogP contribution < -0.4 is 0 Å². The van der Waals surface area contributed by atoms with Crippen LogP contribution in [0.2, 0.25) is 0 Å². The lowest BCUT2D eigenvalue weighted by Gasteiger charge is -1.93. The van der Waals surface area contributed by atoms with Crippen LogP contribution in [0, 0.1) is 3.57 Å². The molecule has 0 unspecified atom stereocenters. The lowest BCUT2D eigenvalue weighted by atomic mass is 10.1. The number of hydrogen-bond donors (Lipinski definition) is 0. The molecule has 0 atom stereocenters. The van der Waals surface area contributed by atoms with Gasteiger partial charge < -0.3 is 0 Å². The average Bonchev–Trinajstić information content (AvgIpc) is 2.09. The Hall–Kier alpha value is -0.640. The van der Waals surface area contributed by atoms with Crippen LogP contribution in [0.4, 0.5) is 0 Å². The molecule has 0 fully saturated rings. The zero-order chi connectivity index (χ0) is 8.97. The second-order valence-electron chi connectivity index (χ2n) is 2.56. The van der Waals surface area contributed by atoms with E-state index in [1.807, 2.05) is 30.3 Å². The maximum atomic E-state index is 10.3. The second kappa shape index (κ2) is 4.40. The van der Waals surface area contributed by atoms with E-state index < -0.39 is 0 Å². The zero-order valence-corrected chi connectivity index (χ0v) is 8.91. The number of rotatable bonds is 2. The van der Waals surface area contributed by atoms with Gasteiger partial charge in [-0.15, -0.1) is 0 Å². The predicted molar refractivity (Wildman–Crippen MR) is 58.9 cm³/mol. The zero-order valence-electron chi connectivity index (χ0n) is 6.75. The first-order chi connectivity index (χ1) is 5.72. The Morgan fingerprint density at radius 2 is 1.92 bits per heavy atom. The van der Waals surface area contributed by atoms with E-state index in [9.17, 15) is 4.79 Å². The monoisotopic (exact) mass is 272 g/mol. The minimum Gasteiger partial charge on any atom is -0.298 e. The Morgan fingerprint density at radius 1 is 1.33 bits per heavy atom. The molecule has 1 rings (SSSR count). The van der Waals surface area contributed by atoms with Gasteiger partial charge in [-0.1, -0.05) is 12.1 Å². The predicted octanol–water partition coefficient (Wildman–Crippen LogP) is 2.89. The van der Waals surface area contributed by atoms with E-state index in [4.69, 9.17) is 0 Å². The summed E-state index contributed by atoms with van der Waals surface area (Å²) in [6.07, 6.45) is 2.72. The summed E-state index contributed by atoms with van der Waals surface area (Å²) in [6, 6.07) is 8.03. The molecule has 0 amide bonds. The van der Waals surface area contributed by atoms with Crippen LogP contribution in [0.1, 0.15) is 12.5 Å². The van der Waals surface area contributed by atoms with Gasteiger partial charge in [0, 0.05) is 3.57 Å². The Bertz CT molecular complexity index is 298. The van der Waals surface area contributed by atoms with E-state index in [-0.39, 0.29) is 0 Å². The van der Waals surface area contributed by atoms with Crippen LogP contribution >= 0.6 is 22.6 Å². The molecular weight excluding hydrogens is 263 g/mol. The highest BCUT2D eigenvalue weighted by atomic mass is 127. The van der Waals surface area contributed by atoms with Gasteiger partial charge >= 0.3 is 0 Å². The summed E-state index contributed by atoms with van der Waals surface area (Å²) in [6.45, 7) is 1.80. The second-order valence-corrected chi connectivity index (χ2v) is 3.80. The van der Waals surface area contributed by atoms with Crippen LogP contribution in [-0.4, -0.2) is 6.29 Å². The van der Waals surface area contributed by atoms with Gasteiger partial charge in [-0.25, -0.2) is 0 Å². The van der Waals surface area contributed by atoms with Gasteiger partial charge in [0.2, 0.25) is 0 Å². The maximum absolute atomic E-state index is 10.3. The molecule has 0 radical (unpaired) electrons. The largest absolute Gasteiger partial charge is 0.298 e. The summed E-state index contributed by atoms with van der Waals surface area (Å²) in [4.78, 5) is 10.3. The summed E-state index contributed by atoms with van der Waals surface area (Å²) in [5.74, 6) is 0. The molecule has 0 N–H and O–H groups in total. The van der Waals surface area contributed by atoms with Crippen molar-refractivity contribution in [3.8, 4) is 0 Å². The normalized spacial score (nSPS) is 11.3. The lowest BCUT2D eigenvalue weighted by Crippen LogP contribution is -1.78. The molecule has 0 bridgehead atoms. The standard InChI is InChI=1S/C10H9IO/c1-8(7-12)6-9-2-4-10(11)5-3-9/h2-7H,1H3. The Balaban J connectivity index is 2.91. The molecule has 2 heteroatoms. The Labute approximate surface area is 85.6 Å². The minimum atomic E-state index is 0.746. The summed E-state index contributed by atoms with van der Waals surface area (Å²) < 4.78 is 1.20. The molecule has 1 nitrogen and oxygen atoms in total. The van der Waals surface area contributed by atoms with Crippen molar-refractivity contribution in [3.63, 3.8) is 0 Å². The topological polar surface area (TPSA) is 17.1 Å². The number of aldehydes is 1. The molecule has 1 aromatic rings. The highest BCUT2D eigenvalue weighted by molar-refractivity contribution is 14.1. The van der Waals surface area contributed by atoms with Gasteiger partial charge in [0.15, 0.2) is 0 Å². The molecule has 0 aliphatic rings. The van der Waals surface area contributed by atoms with Crippen LogP contribution in [0.3, 0.4) is 0 Å². The molecule has 0 aliphatic heterocycles. The van der Waals surface area contributed by atoms with E-state index in [1.165, 1.54) is 3.57 Å². The third-order valence-corrected chi connectivity index (χ3v) is 2.17. The smallest absolute Gasteiger partial charge is 0.145 e. The number of carbonyl (C=O) groups is 1. The number of halogens is 1. The Morgan fingerprint density at radius 3 is 2.42 bits per heavy atom. The highest BCUT2D eigenvalue weighted by Gasteiger charge is 1.89. The van der Waals surface area contributed by atoms with E-state index in [2.05, 4.69) is 22.6 Å². The number of carbonyl (C=O) groups excluding carboxylic acids is 1. The molecule has 0 aliphatic carbocycles. The third kappa shape index (κ3) is 2.77. The van der Waals surface area contributed by atoms with Crippen molar-refractivity contribution in [3.05, 3.63) is 39.0 Å². The fraction of sp³-hybridized carbons (Fsp3) is 0.100. The molecule has 0 aromatic heterocycles. The van der Waals surface area contributed by atoms with Gasteiger partial charge in [0.1, 0.15) is 6.29 Å². The maximum Gasteiger partial charge on any atom is 0.145 e. The molecule has 0 saturated heterocycles. The van der Waals surface area contributed by atoms with Crippen molar-refractivity contribution in [2.24, 2.45) is 0 Å². The first kappa shape index (κ1) is 9.45. The molecule has 62 valence electrons. The van der Waals surface area contributed by atoms with Crippen molar-refractivity contribution in [1.82, 2.24) is 0 Å². The van der Waals surface area contributed by atoms with E-state index in [1.54, 1.807) is 6.92 Å². The SMILES string of the molecule is CC(C=O)=Cc1ccc(I)cc1.